The molecule has 1 aromatic rings. The van der Waals surface area contributed by atoms with E-state index < -0.39 is 15.4 Å². The van der Waals surface area contributed by atoms with Gasteiger partial charge in [-0.25, -0.2) is 8.42 Å². The van der Waals surface area contributed by atoms with Gasteiger partial charge in [-0.1, -0.05) is 18.2 Å². The van der Waals surface area contributed by atoms with Crippen LogP contribution in [0.4, 0.5) is 0 Å². The molecule has 1 aliphatic rings. The van der Waals surface area contributed by atoms with Gasteiger partial charge < -0.3 is 10.0 Å². The maximum atomic E-state index is 12.1. The molecule has 116 valence electrons. The molecule has 1 saturated heterocycles. The first-order chi connectivity index (χ1) is 9.80. The van der Waals surface area contributed by atoms with Crippen LogP contribution in [0.1, 0.15) is 26.2 Å². The number of likely N-dealkylation sites (tertiary alicyclic amines) is 1. The monoisotopic (exact) mass is 311 g/mol. The number of piperidine rings is 1. The number of nitrogens with zero attached hydrogens (tertiary/aromatic N) is 1. The van der Waals surface area contributed by atoms with Crippen LogP contribution in [0.2, 0.25) is 0 Å². The summed E-state index contributed by atoms with van der Waals surface area (Å²) < 4.78 is 24.2. The molecular formula is C15H21NO4S. The Kier molecular flexibility index (Phi) is 4.68. The Morgan fingerprint density at radius 1 is 1.24 bits per heavy atom. The number of hydrogen-bond acceptors (Lipinski definition) is 4. The third-order valence-corrected chi connectivity index (χ3v) is 5.61. The second-order valence-electron chi connectivity index (χ2n) is 5.76. The zero-order valence-corrected chi connectivity index (χ0v) is 13.0. The highest BCUT2D eigenvalue weighted by molar-refractivity contribution is 7.91. The topological polar surface area (TPSA) is 74.7 Å². The summed E-state index contributed by atoms with van der Waals surface area (Å²) in [4.78, 5) is 14.0. The van der Waals surface area contributed by atoms with Gasteiger partial charge in [-0.05, 0) is 31.9 Å². The van der Waals surface area contributed by atoms with Crippen molar-refractivity contribution in [2.45, 2.75) is 36.7 Å². The Balaban J connectivity index is 1.90. The van der Waals surface area contributed by atoms with E-state index in [1.54, 1.807) is 30.0 Å². The van der Waals surface area contributed by atoms with E-state index in [0.29, 0.717) is 25.9 Å². The predicted octanol–water partition coefficient (Wildman–Crippen LogP) is 1.22. The number of aliphatic hydroxyl groups is 1. The van der Waals surface area contributed by atoms with Gasteiger partial charge in [0.15, 0.2) is 9.84 Å². The second-order valence-corrected chi connectivity index (χ2v) is 7.87. The molecule has 1 N–H and O–H groups in total. The number of carbonyl (C=O) groups excluding carboxylic acids is 1. The molecule has 2 rings (SSSR count). The highest BCUT2D eigenvalue weighted by Crippen LogP contribution is 2.21. The zero-order chi connectivity index (χ0) is 15.5. The molecule has 0 unspecified atom stereocenters. The average Bonchev–Trinajstić information content (AvgIpc) is 2.46. The number of rotatable bonds is 4. The minimum Gasteiger partial charge on any atom is -0.390 e. The van der Waals surface area contributed by atoms with Gasteiger partial charge >= 0.3 is 0 Å². The summed E-state index contributed by atoms with van der Waals surface area (Å²) in [6, 6.07) is 8.17. The molecule has 0 radical (unpaired) electrons. The fourth-order valence-corrected chi connectivity index (χ4v) is 3.61. The van der Waals surface area contributed by atoms with Crippen molar-refractivity contribution in [3.63, 3.8) is 0 Å². The van der Waals surface area contributed by atoms with Crippen molar-refractivity contribution in [3.8, 4) is 0 Å². The fourth-order valence-electron chi connectivity index (χ4n) is 2.36. The van der Waals surface area contributed by atoms with Crippen LogP contribution in [-0.2, 0) is 14.6 Å². The number of sulfone groups is 1. The van der Waals surface area contributed by atoms with E-state index >= 15 is 0 Å². The third kappa shape index (κ3) is 4.28. The van der Waals surface area contributed by atoms with Crippen molar-refractivity contribution in [1.82, 2.24) is 4.90 Å². The summed E-state index contributed by atoms with van der Waals surface area (Å²) in [6.07, 6.45) is 1.05. The molecule has 0 atom stereocenters. The molecule has 1 aromatic carbocycles. The summed E-state index contributed by atoms with van der Waals surface area (Å²) in [6.45, 7) is 2.73. The van der Waals surface area contributed by atoms with Gasteiger partial charge in [0, 0.05) is 19.5 Å². The predicted molar refractivity (Wildman–Crippen MR) is 79.5 cm³/mol. The number of amides is 1. The highest BCUT2D eigenvalue weighted by atomic mass is 32.2. The lowest BCUT2D eigenvalue weighted by molar-refractivity contribution is -0.134. The first-order valence-corrected chi connectivity index (χ1v) is 8.73. The minimum absolute atomic E-state index is 0.0145. The Labute approximate surface area is 125 Å². The number of benzene rings is 1. The Hall–Kier alpha value is -1.40. The van der Waals surface area contributed by atoms with Crippen LogP contribution in [0.5, 0.6) is 0 Å². The highest BCUT2D eigenvalue weighted by Gasteiger charge is 2.30. The summed E-state index contributed by atoms with van der Waals surface area (Å²) in [5.74, 6) is -0.340. The normalized spacial score (nSPS) is 18.5. The summed E-state index contributed by atoms with van der Waals surface area (Å²) in [5.41, 5.74) is -0.715. The van der Waals surface area contributed by atoms with E-state index in [2.05, 4.69) is 0 Å². The van der Waals surface area contributed by atoms with Crippen molar-refractivity contribution in [2.24, 2.45) is 0 Å². The first kappa shape index (κ1) is 16.0. The number of hydrogen-bond donors (Lipinski definition) is 1. The van der Waals surface area contributed by atoms with Crippen LogP contribution in [0, 0.1) is 0 Å². The van der Waals surface area contributed by atoms with E-state index in [1.807, 2.05) is 0 Å². The lowest BCUT2D eigenvalue weighted by Gasteiger charge is -2.35. The van der Waals surface area contributed by atoms with E-state index in [0.717, 1.165) is 0 Å². The maximum Gasteiger partial charge on any atom is 0.223 e. The maximum absolute atomic E-state index is 12.1. The van der Waals surface area contributed by atoms with Crippen LogP contribution < -0.4 is 0 Å². The fraction of sp³-hybridized carbons (Fsp3) is 0.533. The van der Waals surface area contributed by atoms with Crippen LogP contribution in [0.3, 0.4) is 0 Å². The minimum atomic E-state index is -3.41. The molecule has 6 heteroatoms. The quantitative estimate of drug-likeness (QED) is 0.907. The zero-order valence-electron chi connectivity index (χ0n) is 12.2. The largest absolute Gasteiger partial charge is 0.390 e. The van der Waals surface area contributed by atoms with Crippen LogP contribution in [-0.4, -0.2) is 48.8 Å². The summed E-state index contributed by atoms with van der Waals surface area (Å²) >= 11 is 0. The molecule has 0 aromatic heterocycles. The van der Waals surface area contributed by atoms with E-state index in [1.165, 1.54) is 12.1 Å². The molecule has 5 nitrogen and oxygen atoms in total. The standard InChI is InChI=1S/C15H21NO4S/c1-15(18)8-10-16(11-9-15)14(17)7-12-21(19,20)13-5-3-2-4-6-13/h2-6,18H,7-12H2,1H3. The molecule has 21 heavy (non-hydrogen) atoms. The molecule has 1 aliphatic heterocycles. The van der Waals surface area contributed by atoms with Crippen molar-refractivity contribution >= 4 is 15.7 Å². The van der Waals surface area contributed by atoms with Crippen LogP contribution in [0.25, 0.3) is 0 Å². The van der Waals surface area contributed by atoms with Gasteiger partial charge in [0.25, 0.3) is 0 Å². The van der Waals surface area contributed by atoms with Crippen LogP contribution in [0.15, 0.2) is 35.2 Å². The lowest BCUT2D eigenvalue weighted by atomic mass is 9.94. The first-order valence-electron chi connectivity index (χ1n) is 7.08. The van der Waals surface area contributed by atoms with Gasteiger partial charge in [-0.15, -0.1) is 0 Å². The SMILES string of the molecule is CC1(O)CCN(C(=O)CCS(=O)(=O)c2ccccc2)CC1. The average molecular weight is 311 g/mol. The molecule has 1 fully saturated rings. The van der Waals surface area contributed by atoms with Crippen molar-refractivity contribution in [3.05, 3.63) is 30.3 Å². The van der Waals surface area contributed by atoms with Gasteiger partial charge in [0.1, 0.15) is 0 Å². The molecular weight excluding hydrogens is 290 g/mol. The molecule has 0 aliphatic carbocycles. The van der Waals surface area contributed by atoms with Gasteiger partial charge in [0.05, 0.1) is 16.2 Å². The second kappa shape index (κ2) is 6.15. The Morgan fingerprint density at radius 3 is 2.38 bits per heavy atom. The van der Waals surface area contributed by atoms with Gasteiger partial charge in [-0.2, -0.15) is 0 Å². The molecule has 0 saturated carbocycles. The van der Waals surface area contributed by atoms with E-state index in [-0.39, 0.29) is 23.0 Å². The summed E-state index contributed by atoms with van der Waals surface area (Å²) in [7, 11) is -3.41. The Bertz CT molecular complexity index is 585. The van der Waals surface area contributed by atoms with E-state index in [4.69, 9.17) is 0 Å². The van der Waals surface area contributed by atoms with Crippen molar-refractivity contribution in [2.75, 3.05) is 18.8 Å². The van der Waals surface area contributed by atoms with Crippen molar-refractivity contribution < 1.29 is 18.3 Å². The van der Waals surface area contributed by atoms with Gasteiger partial charge in [0.2, 0.25) is 5.91 Å². The number of carbonyl (C=O) groups is 1. The Morgan fingerprint density at radius 2 is 1.81 bits per heavy atom. The third-order valence-electron chi connectivity index (χ3n) is 3.88. The molecule has 0 spiro atoms. The van der Waals surface area contributed by atoms with Crippen molar-refractivity contribution in [1.29, 1.82) is 0 Å². The smallest absolute Gasteiger partial charge is 0.223 e. The lowest BCUT2D eigenvalue weighted by Crippen LogP contribution is -2.45. The van der Waals surface area contributed by atoms with Gasteiger partial charge in [-0.3, -0.25) is 4.79 Å². The van der Waals surface area contributed by atoms with E-state index in [9.17, 15) is 18.3 Å². The molecule has 1 amide bonds. The molecule has 1 heterocycles. The van der Waals surface area contributed by atoms with Crippen LogP contribution >= 0.6 is 0 Å². The summed E-state index contributed by atoms with van der Waals surface area (Å²) in [5, 5.41) is 9.85. The molecule has 0 bridgehead atoms.